The van der Waals surface area contributed by atoms with Crippen LogP contribution >= 0.6 is 0 Å². The fourth-order valence-corrected chi connectivity index (χ4v) is 3.85. The topological polar surface area (TPSA) is 49.4 Å². The molecule has 0 unspecified atom stereocenters. The molecule has 3 aromatic rings. The van der Waals surface area contributed by atoms with Crippen molar-refractivity contribution >= 4 is 28.3 Å². The number of carbonyl (C=O) groups excluding carboxylic acids is 2. The average Bonchev–Trinajstić information content (AvgIpc) is 2.96. The summed E-state index contributed by atoms with van der Waals surface area (Å²) in [5, 5.41) is 5.15. The molecule has 0 spiro atoms. The first-order valence-electron chi connectivity index (χ1n) is 9.74. The van der Waals surface area contributed by atoms with E-state index >= 15 is 0 Å². The van der Waals surface area contributed by atoms with Gasteiger partial charge in [0.15, 0.2) is 0 Å². The van der Waals surface area contributed by atoms with Crippen molar-refractivity contribution in [3.63, 3.8) is 0 Å². The number of amides is 2. The van der Waals surface area contributed by atoms with Crippen molar-refractivity contribution < 1.29 is 9.59 Å². The summed E-state index contributed by atoms with van der Waals surface area (Å²) in [5.74, 6) is 0.0377. The van der Waals surface area contributed by atoms with Gasteiger partial charge in [-0.3, -0.25) is 9.59 Å². The van der Waals surface area contributed by atoms with E-state index < -0.39 is 0 Å². The minimum Gasteiger partial charge on any atom is -0.350 e. The first-order chi connectivity index (χ1) is 13.5. The van der Waals surface area contributed by atoms with E-state index in [1.807, 2.05) is 62.4 Å². The van der Waals surface area contributed by atoms with Crippen LogP contribution in [0.2, 0.25) is 0 Å². The molecule has 3 aromatic carbocycles. The molecule has 1 aliphatic rings. The summed E-state index contributed by atoms with van der Waals surface area (Å²) in [6.45, 7) is 4.58. The van der Waals surface area contributed by atoms with Crippen LogP contribution in [0, 0.1) is 6.92 Å². The van der Waals surface area contributed by atoms with E-state index in [1.54, 1.807) is 4.90 Å². The van der Waals surface area contributed by atoms with Crippen molar-refractivity contribution in [3.05, 3.63) is 77.4 Å². The highest BCUT2D eigenvalue weighted by atomic mass is 16.2. The van der Waals surface area contributed by atoms with Crippen molar-refractivity contribution in [2.24, 2.45) is 0 Å². The summed E-state index contributed by atoms with van der Waals surface area (Å²) in [7, 11) is 0. The summed E-state index contributed by atoms with van der Waals surface area (Å²) in [4.78, 5) is 26.9. The van der Waals surface area contributed by atoms with Crippen LogP contribution in [0.1, 0.15) is 47.3 Å². The summed E-state index contributed by atoms with van der Waals surface area (Å²) in [5.41, 5.74) is 4.00. The maximum atomic E-state index is 12.8. The molecule has 0 fully saturated rings. The Morgan fingerprint density at radius 3 is 2.50 bits per heavy atom. The van der Waals surface area contributed by atoms with E-state index in [0.29, 0.717) is 19.4 Å². The molecule has 0 bridgehead atoms. The summed E-state index contributed by atoms with van der Waals surface area (Å²) >= 11 is 0. The minimum absolute atomic E-state index is 0.00967. The molecule has 28 heavy (non-hydrogen) atoms. The number of hydrogen-bond acceptors (Lipinski definition) is 2. The van der Waals surface area contributed by atoms with Crippen molar-refractivity contribution in [3.8, 4) is 0 Å². The largest absolute Gasteiger partial charge is 0.350 e. The Morgan fingerprint density at radius 1 is 1.04 bits per heavy atom. The van der Waals surface area contributed by atoms with Crippen LogP contribution in [0.5, 0.6) is 0 Å². The van der Waals surface area contributed by atoms with Crippen LogP contribution in [0.4, 0.5) is 5.69 Å². The molecule has 1 aliphatic heterocycles. The molecule has 4 rings (SSSR count). The van der Waals surface area contributed by atoms with E-state index in [9.17, 15) is 9.59 Å². The predicted octanol–water partition coefficient (Wildman–Crippen LogP) is 4.77. The molecule has 0 saturated carbocycles. The highest BCUT2D eigenvalue weighted by Gasteiger charge is 2.29. The number of aryl methyl sites for hydroxylation is 1. The van der Waals surface area contributed by atoms with Gasteiger partial charge in [-0.15, -0.1) is 0 Å². The second-order valence-electron chi connectivity index (χ2n) is 7.44. The van der Waals surface area contributed by atoms with Gasteiger partial charge in [-0.05, 0) is 43.4 Å². The van der Waals surface area contributed by atoms with Gasteiger partial charge >= 0.3 is 0 Å². The lowest BCUT2D eigenvalue weighted by atomic mass is 10.1. The average molecular weight is 372 g/mol. The van der Waals surface area contributed by atoms with Crippen LogP contribution in [0.15, 0.2) is 60.7 Å². The minimum atomic E-state index is -0.0282. The second kappa shape index (κ2) is 7.47. The molecular formula is C24H24N2O2. The summed E-state index contributed by atoms with van der Waals surface area (Å²) < 4.78 is 0. The molecule has 1 atom stereocenters. The normalized spacial score (nSPS) is 13.8. The molecular weight excluding hydrogens is 348 g/mol. The van der Waals surface area contributed by atoms with E-state index in [4.69, 9.17) is 0 Å². The fourth-order valence-electron chi connectivity index (χ4n) is 3.85. The van der Waals surface area contributed by atoms with Gasteiger partial charge in [0.05, 0.1) is 11.7 Å². The maximum absolute atomic E-state index is 12.8. The highest BCUT2D eigenvalue weighted by molar-refractivity contribution is 6.25. The van der Waals surface area contributed by atoms with E-state index in [-0.39, 0.29) is 17.9 Å². The molecule has 142 valence electrons. The van der Waals surface area contributed by atoms with E-state index in [0.717, 1.165) is 27.6 Å². The van der Waals surface area contributed by atoms with Gasteiger partial charge in [0.2, 0.25) is 5.91 Å². The van der Waals surface area contributed by atoms with Crippen molar-refractivity contribution in [1.82, 2.24) is 5.32 Å². The number of benzene rings is 3. The number of nitrogens with one attached hydrogen (secondary N) is 1. The van der Waals surface area contributed by atoms with Gasteiger partial charge in [0.1, 0.15) is 0 Å². The second-order valence-corrected chi connectivity index (χ2v) is 7.44. The molecule has 0 aliphatic carbocycles. The van der Waals surface area contributed by atoms with Crippen LogP contribution in [-0.4, -0.2) is 18.4 Å². The van der Waals surface area contributed by atoms with E-state index in [1.165, 1.54) is 5.56 Å². The first kappa shape index (κ1) is 18.2. The van der Waals surface area contributed by atoms with Gasteiger partial charge < -0.3 is 10.2 Å². The zero-order chi connectivity index (χ0) is 19.7. The molecule has 1 N–H and O–H groups in total. The van der Waals surface area contributed by atoms with Gasteiger partial charge in [0, 0.05) is 23.9 Å². The third kappa shape index (κ3) is 3.38. The molecule has 1 heterocycles. The molecule has 4 nitrogen and oxygen atoms in total. The molecule has 0 aromatic heterocycles. The van der Waals surface area contributed by atoms with Gasteiger partial charge in [-0.25, -0.2) is 0 Å². The number of rotatable bonds is 6. The Labute approximate surface area is 165 Å². The van der Waals surface area contributed by atoms with Crippen LogP contribution < -0.4 is 10.2 Å². The standard InChI is InChI=1S/C24H24N2O2/c1-16-11-13-18(14-12-16)17(2)25-22(27)10-5-15-26-21-9-4-7-19-6-3-8-20(23(19)21)24(26)28/h3-4,6-9,11-14,17H,5,10,15H2,1-2H3,(H,25,27)/t17-/m1/s1. The number of anilines is 1. The zero-order valence-electron chi connectivity index (χ0n) is 16.2. The lowest BCUT2D eigenvalue weighted by Crippen LogP contribution is -2.30. The van der Waals surface area contributed by atoms with Gasteiger partial charge in [-0.2, -0.15) is 0 Å². The number of hydrogen-bond donors (Lipinski definition) is 1. The predicted molar refractivity (Wildman–Crippen MR) is 113 cm³/mol. The summed E-state index contributed by atoms with van der Waals surface area (Å²) in [6.07, 6.45) is 1.02. The lowest BCUT2D eigenvalue weighted by molar-refractivity contribution is -0.121. The van der Waals surface area contributed by atoms with E-state index in [2.05, 4.69) is 17.4 Å². The number of carbonyl (C=O) groups is 2. The Bertz CT molecular complexity index is 1030. The smallest absolute Gasteiger partial charge is 0.258 e. The van der Waals surface area contributed by atoms with Crippen molar-refractivity contribution in [2.45, 2.75) is 32.7 Å². The molecule has 0 radical (unpaired) electrons. The Hall–Kier alpha value is -3.14. The maximum Gasteiger partial charge on any atom is 0.258 e. The lowest BCUT2D eigenvalue weighted by Gasteiger charge is -2.18. The zero-order valence-corrected chi connectivity index (χ0v) is 16.2. The van der Waals surface area contributed by atoms with Crippen LogP contribution in [-0.2, 0) is 4.79 Å². The van der Waals surface area contributed by atoms with Gasteiger partial charge in [-0.1, -0.05) is 54.1 Å². The fraction of sp³-hybridized carbons (Fsp3) is 0.250. The first-order valence-corrected chi connectivity index (χ1v) is 9.74. The Balaban J connectivity index is 1.36. The third-order valence-corrected chi connectivity index (χ3v) is 5.39. The monoisotopic (exact) mass is 372 g/mol. The van der Waals surface area contributed by atoms with Crippen molar-refractivity contribution in [1.29, 1.82) is 0 Å². The molecule has 4 heteroatoms. The quantitative estimate of drug-likeness (QED) is 0.678. The SMILES string of the molecule is Cc1ccc([C@@H](C)NC(=O)CCCN2C(=O)c3cccc4cccc2c34)cc1. The van der Waals surface area contributed by atoms with Crippen LogP contribution in [0.3, 0.4) is 0 Å². The third-order valence-electron chi connectivity index (χ3n) is 5.39. The van der Waals surface area contributed by atoms with Crippen LogP contribution in [0.25, 0.3) is 10.8 Å². The molecule has 2 amide bonds. The van der Waals surface area contributed by atoms with Crippen molar-refractivity contribution in [2.75, 3.05) is 11.4 Å². The van der Waals surface area contributed by atoms with Gasteiger partial charge in [0.25, 0.3) is 5.91 Å². The molecule has 0 saturated heterocycles. The highest BCUT2D eigenvalue weighted by Crippen LogP contribution is 2.37. The number of nitrogens with zero attached hydrogens (tertiary/aromatic N) is 1. The Morgan fingerprint density at radius 2 is 1.75 bits per heavy atom. The Kier molecular flexibility index (Phi) is 4.86. The summed E-state index contributed by atoms with van der Waals surface area (Å²) in [6, 6.07) is 20.0.